The van der Waals surface area contributed by atoms with E-state index in [-0.39, 0.29) is 30.3 Å². The number of aryl methyl sites for hydroxylation is 2. The number of benzene rings is 1. The van der Waals surface area contributed by atoms with Crippen LogP contribution in [0, 0.1) is 5.41 Å². The van der Waals surface area contributed by atoms with E-state index in [9.17, 15) is 14.4 Å². The molecule has 0 aliphatic carbocycles. The number of hydrogen-bond donors (Lipinski definition) is 3. The van der Waals surface area contributed by atoms with Gasteiger partial charge in [0.2, 0.25) is 0 Å². The number of aromatic nitrogens is 4. The van der Waals surface area contributed by atoms with E-state index in [1.165, 1.54) is 4.57 Å². The van der Waals surface area contributed by atoms with Crippen LogP contribution in [0.1, 0.15) is 31.7 Å². The van der Waals surface area contributed by atoms with Crippen molar-refractivity contribution in [3.05, 3.63) is 50.7 Å². The highest BCUT2D eigenvalue weighted by molar-refractivity contribution is 5.95. The lowest BCUT2D eigenvalue weighted by atomic mass is 10.1. The Morgan fingerprint density at radius 2 is 1.84 bits per heavy atom. The summed E-state index contributed by atoms with van der Waals surface area (Å²) in [5.74, 6) is 0.0467. The molecule has 0 saturated carbocycles. The number of hydroxylamine groups is 1. The fourth-order valence-electron chi connectivity index (χ4n) is 3.58. The molecule has 3 N–H and O–H groups in total. The van der Waals surface area contributed by atoms with Crippen LogP contribution in [0.2, 0.25) is 0 Å². The van der Waals surface area contributed by atoms with Crippen molar-refractivity contribution >= 4 is 23.0 Å². The molecule has 0 bridgehead atoms. The van der Waals surface area contributed by atoms with Gasteiger partial charge in [0.25, 0.3) is 5.56 Å². The second-order valence-electron chi connectivity index (χ2n) is 7.29. The van der Waals surface area contributed by atoms with Gasteiger partial charge < -0.3 is 9.30 Å². The number of ether oxygens (including phenoxy) is 1. The van der Waals surface area contributed by atoms with E-state index in [0.29, 0.717) is 42.0 Å². The van der Waals surface area contributed by atoms with Gasteiger partial charge in [0.05, 0.1) is 6.61 Å². The zero-order valence-electron chi connectivity index (χ0n) is 18.2. The van der Waals surface area contributed by atoms with E-state index in [2.05, 4.69) is 4.98 Å². The monoisotopic (exact) mass is 442 g/mol. The number of esters is 1. The number of amidine groups is 1. The number of carbonyl (C=O) groups is 1. The summed E-state index contributed by atoms with van der Waals surface area (Å²) in [6, 6.07) is 6.71. The summed E-state index contributed by atoms with van der Waals surface area (Å²) < 4.78 is 9.09. The highest BCUT2D eigenvalue weighted by atomic mass is 16.5. The van der Waals surface area contributed by atoms with Gasteiger partial charge in [0, 0.05) is 38.2 Å². The minimum atomic E-state index is -0.482. The molecule has 170 valence electrons. The average Bonchev–Trinajstić information content (AvgIpc) is 3.14. The van der Waals surface area contributed by atoms with Crippen molar-refractivity contribution in [2.45, 2.75) is 32.7 Å². The van der Waals surface area contributed by atoms with E-state index in [4.69, 9.17) is 15.4 Å². The van der Waals surface area contributed by atoms with Crippen LogP contribution in [0.4, 0.5) is 0 Å². The molecule has 11 nitrogen and oxygen atoms in total. The van der Waals surface area contributed by atoms with Crippen LogP contribution in [0.15, 0.2) is 33.9 Å². The van der Waals surface area contributed by atoms with E-state index in [0.717, 1.165) is 4.57 Å². The van der Waals surface area contributed by atoms with Gasteiger partial charge in [-0.3, -0.25) is 34.8 Å². The number of unbranched alkanes of at least 4 members (excludes halogenated alkanes) is 1. The molecule has 3 aromatic rings. The van der Waals surface area contributed by atoms with Gasteiger partial charge in [0.1, 0.15) is 17.3 Å². The average molecular weight is 442 g/mol. The quantitative estimate of drug-likeness (QED) is 0.156. The Morgan fingerprint density at radius 3 is 2.47 bits per heavy atom. The maximum Gasteiger partial charge on any atom is 0.332 e. The molecule has 3 rings (SSSR count). The predicted octanol–water partition coefficient (Wildman–Crippen LogP) is 1.14. The molecule has 1 aromatic carbocycles. The van der Waals surface area contributed by atoms with Crippen LogP contribution in [-0.4, -0.2) is 42.3 Å². The van der Waals surface area contributed by atoms with E-state index in [1.807, 2.05) is 0 Å². The highest BCUT2D eigenvalue weighted by Gasteiger charge is 2.19. The lowest BCUT2D eigenvalue weighted by Gasteiger charge is -2.09. The predicted molar refractivity (Wildman–Crippen MR) is 118 cm³/mol. The molecule has 0 unspecified atom stereocenters. The molecule has 0 saturated heterocycles. The molecule has 0 amide bonds. The van der Waals surface area contributed by atoms with Crippen molar-refractivity contribution < 1.29 is 14.7 Å². The Labute approximate surface area is 183 Å². The molecular formula is C21H26N6O5. The Hall–Kier alpha value is -3.73. The largest absolute Gasteiger partial charge is 0.466 e. The molecule has 2 aromatic heterocycles. The fraction of sp³-hybridized carbons (Fsp3) is 0.381. The number of nitrogens with one attached hydrogen (secondary N) is 2. The number of carbonyl (C=O) groups excluding carboxylic acids is 1. The third kappa shape index (κ3) is 4.33. The van der Waals surface area contributed by atoms with E-state index >= 15 is 0 Å². The molecular weight excluding hydrogens is 416 g/mol. The Morgan fingerprint density at radius 1 is 1.16 bits per heavy atom. The van der Waals surface area contributed by atoms with E-state index < -0.39 is 11.2 Å². The topological polar surface area (TPSA) is 144 Å². The third-order valence-electron chi connectivity index (χ3n) is 5.21. The molecule has 0 aliphatic heterocycles. The first-order valence-corrected chi connectivity index (χ1v) is 10.2. The van der Waals surface area contributed by atoms with Crippen molar-refractivity contribution in [3.8, 4) is 11.4 Å². The van der Waals surface area contributed by atoms with Crippen molar-refractivity contribution in [3.63, 3.8) is 0 Å². The summed E-state index contributed by atoms with van der Waals surface area (Å²) in [5.41, 5.74) is 2.58. The number of hydrogen-bond acceptors (Lipinski definition) is 7. The molecule has 0 aliphatic rings. The molecule has 0 radical (unpaired) electrons. The highest BCUT2D eigenvalue weighted by Crippen LogP contribution is 2.22. The Balaban J connectivity index is 1.94. The Bertz CT molecular complexity index is 1270. The van der Waals surface area contributed by atoms with Crippen LogP contribution >= 0.6 is 0 Å². The summed E-state index contributed by atoms with van der Waals surface area (Å²) in [5, 5.41) is 16.5. The molecule has 11 heteroatoms. The van der Waals surface area contributed by atoms with Gasteiger partial charge in [-0.15, -0.1) is 0 Å². The standard InChI is InChI=1S/C21H26N6O5/c1-4-32-15(28)7-5-6-12-27-20(29)16-19(26(3)21(27)30)25(2)18(23-16)14-10-8-13(9-11-14)17(22)24-31/h8-11,31H,4-7,12H2,1-3H3,(H2,22,24). The fourth-order valence-corrected chi connectivity index (χ4v) is 3.58. The summed E-state index contributed by atoms with van der Waals surface area (Å²) in [6.45, 7) is 2.24. The Kier molecular flexibility index (Phi) is 6.89. The van der Waals surface area contributed by atoms with Gasteiger partial charge in [-0.25, -0.2) is 9.78 Å². The van der Waals surface area contributed by atoms with Crippen LogP contribution in [0.25, 0.3) is 22.6 Å². The molecule has 0 spiro atoms. The SMILES string of the molecule is CCOC(=O)CCCCn1c(=O)c2nc(-c3ccc(C(=N)NO)cc3)n(C)c2n(C)c1=O. The second-order valence-corrected chi connectivity index (χ2v) is 7.29. The first kappa shape index (κ1) is 22.9. The first-order valence-electron chi connectivity index (χ1n) is 10.2. The molecule has 32 heavy (non-hydrogen) atoms. The summed E-state index contributed by atoms with van der Waals surface area (Å²) >= 11 is 0. The van der Waals surface area contributed by atoms with Crippen LogP contribution < -0.4 is 16.7 Å². The summed E-state index contributed by atoms with van der Waals surface area (Å²) in [6.07, 6.45) is 1.22. The number of imidazole rings is 1. The second kappa shape index (κ2) is 9.60. The summed E-state index contributed by atoms with van der Waals surface area (Å²) in [7, 11) is 3.31. The van der Waals surface area contributed by atoms with E-state index in [1.54, 1.807) is 55.3 Å². The van der Waals surface area contributed by atoms with Crippen LogP contribution in [0.5, 0.6) is 0 Å². The van der Waals surface area contributed by atoms with Gasteiger partial charge in [-0.05, 0) is 19.8 Å². The number of nitrogens with zero attached hydrogens (tertiary/aromatic N) is 4. The van der Waals surface area contributed by atoms with Crippen molar-refractivity contribution in [1.82, 2.24) is 24.2 Å². The smallest absolute Gasteiger partial charge is 0.332 e. The zero-order valence-corrected chi connectivity index (χ0v) is 18.2. The van der Waals surface area contributed by atoms with Crippen LogP contribution in [0.3, 0.4) is 0 Å². The minimum absolute atomic E-state index is 0.144. The zero-order chi connectivity index (χ0) is 23.4. The van der Waals surface area contributed by atoms with Gasteiger partial charge in [0.15, 0.2) is 5.52 Å². The maximum atomic E-state index is 13.0. The van der Waals surface area contributed by atoms with Crippen molar-refractivity contribution in [2.24, 2.45) is 14.1 Å². The lowest BCUT2D eigenvalue weighted by Crippen LogP contribution is -2.39. The number of fused-ring (bicyclic) bond motifs is 1. The van der Waals surface area contributed by atoms with Gasteiger partial charge >= 0.3 is 11.7 Å². The van der Waals surface area contributed by atoms with Crippen molar-refractivity contribution in [2.75, 3.05) is 6.61 Å². The van der Waals surface area contributed by atoms with Gasteiger partial charge in [-0.2, -0.15) is 0 Å². The van der Waals surface area contributed by atoms with Crippen molar-refractivity contribution in [1.29, 1.82) is 5.41 Å². The third-order valence-corrected chi connectivity index (χ3v) is 5.21. The minimum Gasteiger partial charge on any atom is -0.466 e. The number of rotatable bonds is 8. The normalized spacial score (nSPS) is 11.0. The molecule has 2 heterocycles. The first-order chi connectivity index (χ1) is 15.3. The molecule has 0 fully saturated rings. The van der Waals surface area contributed by atoms with Crippen LogP contribution in [-0.2, 0) is 30.2 Å². The maximum absolute atomic E-state index is 13.0. The van der Waals surface area contributed by atoms with Gasteiger partial charge in [-0.1, -0.05) is 24.3 Å². The molecule has 0 atom stereocenters. The summed E-state index contributed by atoms with van der Waals surface area (Å²) in [4.78, 5) is 41.8. The lowest BCUT2D eigenvalue weighted by molar-refractivity contribution is -0.143.